The van der Waals surface area contributed by atoms with E-state index in [1.807, 2.05) is 6.08 Å². The van der Waals surface area contributed by atoms with Crippen molar-refractivity contribution in [3.63, 3.8) is 0 Å². The predicted molar refractivity (Wildman–Crippen MR) is 64.2 cm³/mol. The van der Waals surface area contributed by atoms with Gasteiger partial charge in [-0.15, -0.1) is 12.4 Å². The van der Waals surface area contributed by atoms with E-state index in [2.05, 4.69) is 5.32 Å². The second-order valence-electron chi connectivity index (χ2n) is 3.85. The van der Waals surface area contributed by atoms with Crippen LogP contribution < -0.4 is 5.32 Å². The zero-order valence-electron chi connectivity index (χ0n) is 9.05. The molecule has 0 aliphatic carbocycles. The summed E-state index contributed by atoms with van der Waals surface area (Å²) in [5, 5.41) is 3.18. The molecule has 0 saturated carbocycles. The lowest BCUT2D eigenvalue weighted by atomic mass is 10.1. The average molecular weight is 264 g/mol. The first-order valence-electron chi connectivity index (χ1n) is 5.13. The average Bonchev–Trinajstić information content (AvgIpc) is 2.70. The number of hydrogen-bond donors (Lipinski definition) is 1. The Morgan fingerprint density at radius 2 is 1.76 bits per heavy atom. The van der Waals surface area contributed by atoms with Crippen LogP contribution in [0.5, 0.6) is 0 Å². The summed E-state index contributed by atoms with van der Waals surface area (Å²) in [7, 11) is 0. The summed E-state index contributed by atoms with van der Waals surface area (Å²) in [4.78, 5) is 0. The van der Waals surface area contributed by atoms with Crippen molar-refractivity contribution >= 4 is 18.5 Å². The lowest BCUT2D eigenvalue weighted by Crippen LogP contribution is -2.04. The Labute approximate surface area is 104 Å². The van der Waals surface area contributed by atoms with Gasteiger partial charge in [0, 0.05) is 6.54 Å². The molecule has 1 aliphatic heterocycles. The lowest BCUT2D eigenvalue weighted by Gasteiger charge is -2.06. The van der Waals surface area contributed by atoms with Crippen molar-refractivity contribution in [1.82, 2.24) is 5.32 Å². The van der Waals surface area contributed by atoms with Crippen molar-refractivity contribution < 1.29 is 13.2 Å². The van der Waals surface area contributed by atoms with Crippen molar-refractivity contribution in [2.45, 2.75) is 12.6 Å². The molecular formula is C12H13ClF3N. The molecule has 0 aromatic heterocycles. The maximum atomic E-state index is 12.3. The molecular weight excluding hydrogens is 251 g/mol. The van der Waals surface area contributed by atoms with Crippen LogP contribution >= 0.6 is 12.4 Å². The SMILES string of the molecule is Cl.FC(F)(F)c1ccc(C=C2CCNC2)cc1. The third-order valence-corrected chi connectivity index (χ3v) is 2.58. The lowest BCUT2D eigenvalue weighted by molar-refractivity contribution is -0.137. The Kier molecular flexibility index (Phi) is 4.60. The summed E-state index contributed by atoms with van der Waals surface area (Å²) >= 11 is 0. The first kappa shape index (κ1) is 14.1. The molecule has 5 heteroatoms. The van der Waals surface area contributed by atoms with E-state index in [9.17, 15) is 13.2 Å². The Hall–Kier alpha value is -1.00. The Balaban J connectivity index is 0.00000144. The van der Waals surface area contributed by atoms with E-state index in [1.165, 1.54) is 17.7 Å². The summed E-state index contributed by atoms with van der Waals surface area (Å²) in [6.45, 7) is 1.79. The number of benzene rings is 1. The summed E-state index contributed by atoms with van der Waals surface area (Å²) < 4.78 is 36.9. The standard InChI is InChI=1S/C12H12F3N.ClH/c13-12(14,15)11-3-1-9(2-4-11)7-10-5-6-16-8-10;/h1-4,7,16H,5-6,8H2;1H. The van der Waals surface area contributed by atoms with Crippen LogP contribution in [-0.4, -0.2) is 13.1 Å². The molecule has 1 N–H and O–H groups in total. The van der Waals surface area contributed by atoms with E-state index in [4.69, 9.17) is 0 Å². The third kappa shape index (κ3) is 3.75. The number of hydrogen-bond acceptors (Lipinski definition) is 1. The summed E-state index contributed by atoms with van der Waals surface area (Å²) in [5.41, 5.74) is 1.46. The highest BCUT2D eigenvalue weighted by atomic mass is 35.5. The summed E-state index contributed by atoms with van der Waals surface area (Å²) in [6, 6.07) is 5.26. The largest absolute Gasteiger partial charge is 0.416 e. The fraction of sp³-hybridized carbons (Fsp3) is 0.333. The minimum absolute atomic E-state index is 0. The van der Waals surface area contributed by atoms with E-state index >= 15 is 0 Å². The van der Waals surface area contributed by atoms with E-state index in [-0.39, 0.29) is 12.4 Å². The molecule has 1 saturated heterocycles. The van der Waals surface area contributed by atoms with Gasteiger partial charge in [0.2, 0.25) is 0 Å². The zero-order chi connectivity index (χ0) is 11.6. The molecule has 17 heavy (non-hydrogen) atoms. The molecule has 2 rings (SSSR count). The minimum atomic E-state index is -4.25. The molecule has 1 aromatic rings. The van der Waals surface area contributed by atoms with Gasteiger partial charge in [-0.1, -0.05) is 23.8 Å². The molecule has 1 heterocycles. The fourth-order valence-corrected chi connectivity index (χ4v) is 1.71. The molecule has 1 fully saturated rings. The summed E-state index contributed by atoms with van der Waals surface area (Å²) in [6.07, 6.45) is -1.33. The maximum absolute atomic E-state index is 12.3. The molecule has 0 amide bonds. The molecule has 0 unspecified atom stereocenters. The van der Waals surface area contributed by atoms with Crippen molar-refractivity contribution in [2.75, 3.05) is 13.1 Å². The predicted octanol–water partition coefficient (Wildman–Crippen LogP) is 3.50. The number of alkyl halides is 3. The minimum Gasteiger partial charge on any atom is -0.313 e. The molecule has 0 spiro atoms. The van der Waals surface area contributed by atoms with Gasteiger partial charge in [0.1, 0.15) is 0 Å². The van der Waals surface area contributed by atoms with Crippen molar-refractivity contribution in [2.24, 2.45) is 0 Å². The van der Waals surface area contributed by atoms with Gasteiger partial charge in [-0.3, -0.25) is 0 Å². The zero-order valence-corrected chi connectivity index (χ0v) is 9.87. The van der Waals surface area contributed by atoms with Crippen LogP contribution in [0.4, 0.5) is 13.2 Å². The third-order valence-electron chi connectivity index (χ3n) is 2.58. The van der Waals surface area contributed by atoms with Gasteiger partial charge in [0.25, 0.3) is 0 Å². The highest BCUT2D eigenvalue weighted by molar-refractivity contribution is 5.85. The van der Waals surface area contributed by atoms with Gasteiger partial charge < -0.3 is 5.32 Å². The maximum Gasteiger partial charge on any atom is 0.416 e. The van der Waals surface area contributed by atoms with Crippen LogP contribution in [0.15, 0.2) is 29.8 Å². The van der Waals surface area contributed by atoms with E-state index < -0.39 is 11.7 Å². The Morgan fingerprint density at radius 3 is 2.24 bits per heavy atom. The van der Waals surface area contributed by atoms with Crippen molar-refractivity contribution in [1.29, 1.82) is 0 Å². The van der Waals surface area contributed by atoms with Crippen LogP contribution in [0.25, 0.3) is 6.08 Å². The van der Waals surface area contributed by atoms with Crippen molar-refractivity contribution in [3.05, 3.63) is 41.0 Å². The fourth-order valence-electron chi connectivity index (χ4n) is 1.71. The molecule has 0 radical (unpaired) electrons. The topological polar surface area (TPSA) is 12.0 Å². The van der Waals surface area contributed by atoms with Crippen LogP contribution in [-0.2, 0) is 6.18 Å². The van der Waals surface area contributed by atoms with Gasteiger partial charge in [0.05, 0.1) is 5.56 Å². The summed E-state index contributed by atoms with van der Waals surface area (Å²) in [5.74, 6) is 0. The molecule has 1 nitrogen and oxygen atoms in total. The smallest absolute Gasteiger partial charge is 0.313 e. The monoisotopic (exact) mass is 263 g/mol. The van der Waals surface area contributed by atoms with E-state index in [0.29, 0.717) is 0 Å². The second-order valence-corrected chi connectivity index (χ2v) is 3.85. The van der Waals surface area contributed by atoms with Crippen LogP contribution in [0.2, 0.25) is 0 Å². The van der Waals surface area contributed by atoms with E-state index in [0.717, 1.165) is 37.2 Å². The Bertz CT molecular complexity index is 387. The molecule has 94 valence electrons. The van der Waals surface area contributed by atoms with Crippen LogP contribution in [0.1, 0.15) is 17.5 Å². The Morgan fingerprint density at radius 1 is 1.12 bits per heavy atom. The van der Waals surface area contributed by atoms with Gasteiger partial charge in [-0.05, 0) is 30.7 Å². The normalized spacial score (nSPS) is 18.2. The van der Waals surface area contributed by atoms with Gasteiger partial charge in [0.15, 0.2) is 0 Å². The molecule has 0 atom stereocenters. The van der Waals surface area contributed by atoms with Gasteiger partial charge in [-0.2, -0.15) is 13.2 Å². The molecule has 0 bridgehead atoms. The first-order valence-corrected chi connectivity index (χ1v) is 5.13. The highest BCUT2D eigenvalue weighted by Crippen LogP contribution is 2.29. The van der Waals surface area contributed by atoms with Gasteiger partial charge >= 0.3 is 6.18 Å². The number of rotatable bonds is 1. The van der Waals surface area contributed by atoms with Crippen LogP contribution in [0, 0.1) is 0 Å². The molecule has 1 aromatic carbocycles. The van der Waals surface area contributed by atoms with Crippen LogP contribution in [0.3, 0.4) is 0 Å². The molecule has 1 aliphatic rings. The van der Waals surface area contributed by atoms with E-state index in [1.54, 1.807) is 0 Å². The first-order chi connectivity index (χ1) is 7.55. The highest BCUT2D eigenvalue weighted by Gasteiger charge is 2.29. The number of nitrogens with one attached hydrogen (secondary N) is 1. The van der Waals surface area contributed by atoms with Gasteiger partial charge in [-0.25, -0.2) is 0 Å². The second kappa shape index (κ2) is 5.56. The quantitative estimate of drug-likeness (QED) is 0.818. The van der Waals surface area contributed by atoms with Crippen molar-refractivity contribution in [3.8, 4) is 0 Å². The number of halogens is 4.